The zero-order valence-corrected chi connectivity index (χ0v) is 38.1. The van der Waals surface area contributed by atoms with Crippen molar-refractivity contribution < 1.29 is 0 Å². The summed E-state index contributed by atoms with van der Waals surface area (Å²) >= 11 is 0. The number of hydrogen-bond donors (Lipinski definition) is 0. The van der Waals surface area contributed by atoms with E-state index >= 15 is 0 Å². The van der Waals surface area contributed by atoms with Gasteiger partial charge in [-0.1, -0.05) is 231 Å². The van der Waals surface area contributed by atoms with Gasteiger partial charge < -0.3 is 4.90 Å². The van der Waals surface area contributed by atoms with E-state index in [0.717, 1.165) is 39.3 Å². The van der Waals surface area contributed by atoms with Crippen LogP contribution in [0.2, 0.25) is 0 Å². The van der Waals surface area contributed by atoms with Gasteiger partial charge in [-0.2, -0.15) is 0 Å². The van der Waals surface area contributed by atoms with E-state index in [4.69, 9.17) is 0 Å². The Morgan fingerprint density at radius 1 is 0.188 bits per heavy atom. The monoisotopic (exact) mass is 877 g/mol. The number of hydrogen-bond acceptors (Lipinski definition) is 1. The zero-order chi connectivity index (χ0) is 45.9. The van der Waals surface area contributed by atoms with E-state index in [-0.39, 0.29) is 0 Å². The Kier molecular flexibility index (Phi) is 11.0. The first-order chi connectivity index (χ1) is 34.2. The quantitative estimate of drug-likeness (QED) is 0.124. The number of fused-ring (bicyclic) bond motifs is 3. The third-order valence-corrected chi connectivity index (χ3v) is 13.5. The molecule has 1 nitrogen and oxygen atoms in total. The molecule has 69 heavy (non-hydrogen) atoms. The lowest BCUT2D eigenvalue weighted by atomic mass is 9.91. The van der Waals surface area contributed by atoms with E-state index < -0.39 is 0 Å². The summed E-state index contributed by atoms with van der Waals surface area (Å²) in [7, 11) is 0. The molecule has 1 heteroatoms. The average molecular weight is 878 g/mol. The molecule has 12 aromatic rings. The van der Waals surface area contributed by atoms with Crippen molar-refractivity contribution in [2.45, 2.75) is 0 Å². The Hall–Kier alpha value is -9.04. The molecule has 0 spiro atoms. The lowest BCUT2D eigenvalue weighted by Crippen LogP contribution is -2.11. The van der Waals surface area contributed by atoms with Gasteiger partial charge in [0.25, 0.3) is 0 Å². The molecule has 0 bridgehead atoms. The van der Waals surface area contributed by atoms with Gasteiger partial charge in [-0.15, -0.1) is 0 Å². The van der Waals surface area contributed by atoms with Gasteiger partial charge in [0.15, 0.2) is 0 Å². The van der Waals surface area contributed by atoms with Crippen LogP contribution >= 0.6 is 0 Å². The van der Waals surface area contributed by atoms with Crippen LogP contribution in [0.3, 0.4) is 0 Å². The SMILES string of the molecule is c1ccc(-c2ccc(-c3ccc(N(c4ccc(-c5cc(-c6ccccc6)cc(-c6ccccc6)c5)cc4)c4cc(-c5cc6ccccc6c6ccccc56)ccc4-c4ccccc4)cc3)cc2)cc1. The number of rotatable bonds is 10. The molecule has 0 aliphatic heterocycles. The topological polar surface area (TPSA) is 3.24 Å². The predicted molar refractivity (Wildman–Crippen MR) is 294 cm³/mol. The van der Waals surface area contributed by atoms with E-state index in [2.05, 4.69) is 290 Å². The smallest absolute Gasteiger partial charge is 0.0546 e. The Labute approximate surface area is 404 Å². The van der Waals surface area contributed by atoms with Crippen LogP contribution in [-0.2, 0) is 0 Å². The molecule has 0 heterocycles. The van der Waals surface area contributed by atoms with Crippen molar-refractivity contribution in [1.82, 2.24) is 0 Å². The Morgan fingerprint density at radius 3 is 1.03 bits per heavy atom. The first-order valence-corrected chi connectivity index (χ1v) is 23.7. The van der Waals surface area contributed by atoms with E-state index in [1.807, 2.05) is 0 Å². The minimum atomic E-state index is 1.07. The standard InChI is InChI=1S/C68H47N/c1-5-17-48(18-6-1)51-29-31-52(32-30-51)53-33-38-61(39-34-53)69(62-40-35-54(36-41-62)60-44-58(49-19-7-2-8-20-49)43-59(45-60)50-21-9-3-10-22-50)68-47-57(37-42-64(68)55-23-11-4-12-24-55)67-46-56-25-13-14-26-63(56)65-27-15-16-28-66(65)67/h1-47H. The fraction of sp³-hybridized carbons (Fsp3) is 0. The molecule has 0 fully saturated rings. The van der Waals surface area contributed by atoms with Crippen molar-refractivity contribution in [2.75, 3.05) is 4.90 Å². The maximum absolute atomic E-state index is 2.44. The van der Waals surface area contributed by atoms with Crippen LogP contribution in [0, 0.1) is 0 Å². The second-order valence-corrected chi connectivity index (χ2v) is 17.7. The maximum Gasteiger partial charge on any atom is 0.0546 e. The molecular weight excluding hydrogens is 831 g/mol. The second kappa shape index (κ2) is 18.3. The Morgan fingerprint density at radius 2 is 0.536 bits per heavy atom. The fourth-order valence-corrected chi connectivity index (χ4v) is 9.95. The summed E-state index contributed by atoms with van der Waals surface area (Å²) < 4.78 is 0. The molecule has 0 saturated heterocycles. The third-order valence-electron chi connectivity index (χ3n) is 13.5. The summed E-state index contributed by atoms with van der Waals surface area (Å²) in [5.74, 6) is 0. The molecule has 0 aliphatic rings. The molecule has 324 valence electrons. The van der Waals surface area contributed by atoms with E-state index in [1.165, 1.54) is 77.2 Å². The molecule has 0 aromatic heterocycles. The molecule has 0 radical (unpaired) electrons. The van der Waals surface area contributed by atoms with Crippen LogP contribution in [0.15, 0.2) is 285 Å². The minimum absolute atomic E-state index is 1.07. The van der Waals surface area contributed by atoms with Crippen LogP contribution in [0.5, 0.6) is 0 Å². The van der Waals surface area contributed by atoms with Crippen LogP contribution in [0.25, 0.3) is 99.4 Å². The van der Waals surface area contributed by atoms with Crippen LogP contribution in [0.4, 0.5) is 17.1 Å². The molecule has 12 rings (SSSR count). The van der Waals surface area contributed by atoms with Crippen molar-refractivity contribution in [3.63, 3.8) is 0 Å². The van der Waals surface area contributed by atoms with Gasteiger partial charge in [0.2, 0.25) is 0 Å². The summed E-state index contributed by atoms with van der Waals surface area (Å²) in [6.07, 6.45) is 0. The van der Waals surface area contributed by atoms with Crippen LogP contribution in [0.1, 0.15) is 0 Å². The van der Waals surface area contributed by atoms with E-state index in [9.17, 15) is 0 Å². The van der Waals surface area contributed by atoms with Gasteiger partial charge >= 0.3 is 0 Å². The highest BCUT2D eigenvalue weighted by Gasteiger charge is 2.21. The van der Waals surface area contributed by atoms with Crippen molar-refractivity contribution in [1.29, 1.82) is 0 Å². The predicted octanol–water partition coefficient (Wildman–Crippen LogP) is 19.1. The minimum Gasteiger partial charge on any atom is -0.310 e. The van der Waals surface area contributed by atoms with Crippen molar-refractivity contribution in [3.05, 3.63) is 285 Å². The van der Waals surface area contributed by atoms with E-state index in [0.29, 0.717) is 0 Å². The second-order valence-electron chi connectivity index (χ2n) is 17.7. The third kappa shape index (κ3) is 8.28. The van der Waals surface area contributed by atoms with Gasteiger partial charge in [0, 0.05) is 16.9 Å². The maximum atomic E-state index is 2.44. The molecule has 0 atom stereocenters. The molecule has 0 unspecified atom stereocenters. The first kappa shape index (κ1) is 41.4. The molecule has 0 N–H and O–H groups in total. The normalized spacial score (nSPS) is 11.2. The largest absolute Gasteiger partial charge is 0.310 e. The van der Waals surface area contributed by atoms with Gasteiger partial charge in [-0.25, -0.2) is 0 Å². The lowest BCUT2D eigenvalue weighted by molar-refractivity contribution is 1.28. The van der Waals surface area contributed by atoms with Crippen LogP contribution < -0.4 is 4.90 Å². The van der Waals surface area contributed by atoms with Crippen molar-refractivity contribution in [2.24, 2.45) is 0 Å². The number of anilines is 3. The highest BCUT2D eigenvalue weighted by Crippen LogP contribution is 2.46. The molecule has 0 amide bonds. The number of nitrogens with zero attached hydrogens (tertiary/aromatic N) is 1. The average Bonchev–Trinajstić information content (AvgIpc) is 3.44. The van der Waals surface area contributed by atoms with Crippen molar-refractivity contribution in [3.8, 4) is 77.9 Å². The molecule has 12 aromatic carbocycles. The van der Waals surface area contributed by atoms with Gasteiger partial charge in [0.1, 0.15) is 0 Å². The van der Waals surface area contributed by atoms with Gasteiger partial charge in [0.05, 0.1) is 5.69 Å². The highest BCUT2D eigenvalue weighted by molar-refractivity contribution is 6.14. The zero-order valence-electron chi connectivity index (χ0n) is 38.1. The van der Waals surface area contributed by atoms with Crippen LogP contribution in [-0.4, -0.2) is 0 Å². The summed E-state index contributed by atoms with van der Waals surface area (Å²) in [5.41, 5.74) is 19.8. The van der Waals surface area contributed by atoms with E-state index in [1.54, 1.807) is 0 Å². The first-order valence-electron chi connectivity index (χ1n) is 23.7. The highest BCUT2D eigenvalue weighted by atomic mass is 15.1. The molecular formula is C68H47N. The molecule has 0 aliphatic carbocycles. The van der Waals surface area contributed by atoms with Crippen molar-refractivity contribution >= 4 is 38.6 Å². The Bertz CT molecular complexity index is 3650. The van der Waals surface area contributed by atoms with Gasteiger partial charge in [-0.3, -0.25) is 0 Å². The van der Waals surface area contributed by atoms with Gasteiger partial charge in [-0.05, 0) is 148 Å². The lowest BCUT2D eigenvalue weighted by Gasteiger charge is -2.29. The number of benzene rings is 12. The summed E-state index contributed by atoms with van der Waals surface area (Å²) in [6, 6.07) is 104. The fourth-order valence-electron chi connectivity index (χ4n) is 9.95. The Balaban J connectivity index is 1.02. The molecule has 0 saturated carbocycles. The summed E-state index contributed by atoms with van der Waals surface area (Å²) in [4.78, 5) is 2.44. The summed E-state index contributed by atoms with van der Waals surface area (Å²) in [6.45, 7) is 0. The summed E-state index contributed by atoms with van der Waals surface area (Å²) in [5, 5.41) is 4.98.